The van der Waals surface area contributed by atoms with Crippen molar-refractivity contribution in [3.8, 4) is 0 Å². The first-order valence-electron chi connectivity index (χ1n) is 12.2. The molecule has 0 saturated heterocycles. The summed E-state index contributed by atoms with van der Waals surface area (Å²) in [5, 5.41) is 0. The zero-order valence-corrected chi connectivity index (χ0v) is 19.9. The van der Waals surface area contributed by atoms with Gasteiger partial charge in [0.25, 0.3) is 0 Å². The predicted molar refractivity (Wildman–Crippen MR) is 138 cm³/mol. The van der Waals surface area contributed by atoms with Crippen molar-refractivity contribution in [2.75, 3.05) is 0 Å². The van der Waals surface area contributed by atoms with E-state index in [0.29, 0.717) is 17.2 Å². The number of aromatic nitrogens is 2. The molecular formula is C28H37BF2N2. The van der Waals surface area contributed by atoms with E-state index in [4.69, 9.17) is 0 Å². The minimum Gasteiger partial charge on any atom is -0.337 e. The molecule has 1 aromatic heterocycles. The van der Waals surface area contributed by atoms with Gasteiger partial charge in [0.1, 0.15) is 11.6 Å². The largest absolute Gasteiger partial charge is 0.337 e. The van der Waals surface area contributed by atoms with Crippen LogP contribution in [0.15, 0.2) is 79.9 Å². The summed E-state index contributed by atoms with van der Waals surface area (Å²) in [7, 11) is 0. The lowest BCUT2D eigenvalue weighted by molar-refractivity contribution is 0.543. The number of aryl methyl sites for hydroxylation is 1. The van der Waals surface area contributed by atoms with Gasteiger partial charge in [-0.15, -0.1) is 6.58 Å². The molecule has 2 aromatic carbocycles. The molecule has 0 fully saturated rings. The molecule has 0 aliphatic rings. The molecule has 2 nitrogen and oxygen atoms in total. The van der Waals surface area contributed by atoms with E-state index in [1.54, 1.807) is 42.5 Å². The minimum absolute atomic E-state index is 0.312. The molecule has 0 saturated carbocycles. The minimum atomic E-state index is -0.329. The smallest absolute Gasteiger partial charge is 0.220 e. The first-order valence-corrected chi connectivity index (χ1v) is 12.2. The third-order valence-corrected chi connectivity index (χ3v) is 5.79. The third-order valence-electron chi connectivity index (χ3n) is 5.79. The maximum atomic E-state index is 13.8. The summed E-state index contributed by atoms with van der Waals surface area (Å²) in [6.07, 6.45) is 19.1. The van der Waals surface area contributed by atoms with Crippen molar-refractivity contribution in [3.05, 3.63) is 91.5 Å². The second-order valence-corrected chi connectivity index (χ2v) is 8.40. The number of hydrogen-bond donors (Lipinski definition) is 0. The summed E-state index contributed by atoms with van der Waals surface area (Å²) in [5.41, 5.74) is 1.00. The van der Waals surface area contributed by atoms with Crippen LogP contribution in [0.4, 0.5) is 8.78 Å². The quantitative estimate of drug-likeness (QED) is 0.159. The molecule has 0 amide bonds. The monoisotopic (exact) mass is 450 g/mol. The fraction of sp³-hybridized carbons (Fsp3) is 0.393. The van der Waals surface area contributed by atoms with Gasteiger partial charge in [-0.1, -0.05) is 94.3 Å². The first-order chi connectivity index (χ1) is 16.2. The molecule has 0 aliphatic heterocycles. The van der Waals surface area contributed by atoms with Gasteiger partial charge < -0.3 is 4.57 Å². The number of unbranched alkanes of at least 4 members (excludes halogenated alkanes) is 7. The molecule has 3 aromatic rings. The number of hydrogen-bond acceptors (Lipinski definition) is 1. The van der Waals surface area contributed by atoms with Crippen LogP contribution in [0.5, 0.6) is 0 Å². The summed E-state index contributed by atoms with van der Waals surface area (Å²) >= 11 is 0. The van der Waals surface area contributed by atoms with Crippen LogP contribution in [-0.4, -0.2) is 16.3 Å². The van der Waals surface area contributed by atoms with Gasteiger partial charge >= 0.3 is 0 Å². The van der Waals surface area contributed by atoms with E-state index in [9.17, 15) is 8.78 Å². The van der Waals surface area contributed by atoms with Crippen LogP contribution in [0, 0.1) is 11.6 Å². The molecule has 0 atom stereocenters. The summed E-state index contributed by atoms with van der Waals surface area (Å²) in [4.78, 5) is 4.03. The van der Waals surface area contributed by atoms with Gasteiger partial charge in [0, 0.05) is 18.9 Å². The Hall–Kier alpha value is -2.69. The number of allylic oxidation sites excluding steroid dienone is 1. The number of imidazole rings is 1. The fourth-order valence-corrected chi connectivity index (χ4v) is 3.95. The summed E-state index contributed by atoms with van der Waals surface area (Å²) in [6, 6.07) is 12.9. The van der Waals surface area contributed by atoms with Crippen LogP contribution in [0.3, 0.4) is 0 Å². The number of nitrogens with zero attached hydrogens (tertiary/aromatic N) is 2. The van der Waals surface area contributed by atoms with Gasteiger partial charge in [-0.25, -0.2) is 13.8 Å². The van der Waals surface area contributed by atoms with E-state index in [1.807, 2.05) is 18.7 Å². The van der Waals surface area contributed by atoms with Gasteiger partial charge in [-0.3, -0.25) is 0 Å². The summed E-state index contributed by atoms with van der Waals surface area (Å²) < 4.78 is 29.8. The number of halogens is 2. The van der Waals surface area contributed by atoms with Crippen molar-refractivity contribution in [2.24, 2.45) is 0 Å². The van der Waals surface area contributed by atoms with Gasteiger partial charge in [0.2, 0.25) is 6.71 Å². The lowest BCUT2D eigenvalue weighted by atomic mass is 9.38. The van der Waals surface area contributed by atoms with Crippen molar-refractivity contribution < 1.29 is 8.78 Å². The Labute approximate surface area is 198 Å². The maximum absolute atomic E-state index is 13.8. The highest BCUT2D eigenvalue weighted by molar-refractivity contribution is 6.85. The Bertz CT molecular complexity index is 866. The molecule has 3 rings (SSSR count). The topological polar surface area (TPSA) is 17.8 Å². The van der Waals surface area contributed by atoms with Crippen LogP contribution in [0.25, 0.3) is 0 Å². The van der Waals surface area contributed by atoms with Gasteiger partial charge in [0.15, 0.2) is 0 Å². The predicted octanol–water partition coefficient (Wildman–Crippen LogP) is 6.78. The lowest BCUT2D eigenvalue weighted by Crippen LogP contribution is -2.44. The van der Waals surface area contributed by atoms with E-state index in [0.717, 1.165) is 6.54 Å². The highest BCUT2D eigenvalue weighted by Gasteiger charge is 2.23. The average Bonchev–Trinajstić information content (AvgIpc) is 3.35. The van der Waals surface area contributed by atoms with Crippen molar-refractivity contribution in [2.45, 2.75) is 71.2 Å². The zero-order chi connectivity index (χ0) is 23.7. The van der Waals surface area contributed by atoms with Gasteiger partial charge in [-0.05, 0) is 35.8 Å². The Kier molecular flexibility index (Phi) is 12.9. The van der Waals surface area contributed by atoms with E-state index in [2.05, 4.69) is 23.1 Å². The van der Waals surface area contributed by atoms with E-state index in [1.165, 1.54) is 63.5 Å². The molecule has 33 heavy (non-hydrogen) atoms. The Morgan fingerprint density at radius 3 is 1.88 bits per heavy atom. The third kappa shape index (κ3) is 9.77. The molecular weight excluding hydrogens is 413 g/mol. The van der Waals surface area contributed by atoms with E-state index >= 15 is 0 Å². The van der Waals surface area contributed by atoms with E-state index in [-0.39, 0.29) is 18.3 Å². The molecule has 0 radical (unpaired) electrons. The van der Waals surface area contributed by atoms with Crippen LogP contribution in [0.1, 0.15) is 58.3 Å². The van der Waals surface area contributed by atoms with Crippen LogP contribution in [0.2, 0.25) is 6.32 Å². The molecule has 0 spiro atoms. The molecule has 0 unspecified atom stereocenters. The second kappa shape index (κ2) is 16.0. The molecule has 5 heteroatoms. The Morgan fingerprint density at radius 1 is 0.848 bits per heavy atom. The standard InChI is InChI=1S/C15H13BF2.C13H24N2/c1-2-11-16(12-7-3-5-9-14(12)17)13-8-4-6-10-15(13)18;1-2-3-4-5-6-7-8-9-11-15-12-10-14-13-15/h2-10H,1,11H2;10,12-13H,2-9,11H2,1H3. The maximum Gasteiger partial charge on any atom is 0.220 e. The summed E-state index contributed by atoms with van der Waals surface area (Å²) in [6.45, 7) is 6.74. The lowest BCUT2D eigenvalue weighted by Gasteiger charge is -2.14. The normalized spacial score (nSPS) is 10.4. The fourth-order valence-electron chi connectivity index (χ4n) is 3.95. The SMILES string of the molecule is C=CCB(c1ccccc1F)c1ccccc1F.CCCCCCCCCCn1ccnc1. The van der Waals surface area contributed by atoms with Crippen LogP contribution in [-0.2, 0) is 6.54 Å². The number of rotatable bonds is 13. The molecule has 0 bridgehead atoms. The Morgan fingerprint density at radius 2 is 1.39 bits per heavy atom. The van der Waals surface area contributed by atoms with Gasteiger partial charge in [-0.2, -0.15) is 0 Å². The first kappa shape index (κ1) is 26.6. The highest BCUT2D eigenvalue weighted by atomic mass is 19.1. The molecule has 0 N–H and O–H groups in total. The van der Waals surface area contributed by atoms with Crippen molar-refractivity contribution >= 4 is 17.6 Å². The summed E-state index contributed by atoms with van der Waals surface area (Å²) in [5.74, 6) is -0.625. The Balaban J connectivity index is 0.000000238. The zero-order valence-electron chi connectivity index (χ0n) is 19.9. The second-order valence-electron chi connectivity index (χ2n) is 8.40. The van der Waals surface area contributed by atoms with Crippen molar-refractivity contribution in [3.63, 3.8) is 0 Å². The van der Waals surface area contributed by atoms with E-state index < -0.39 is 0 Å². The van der Waals surface area contributed by atoms with Crippen molar-refractivity contribution in [1.82, 2.24) is 9.55 Å². The molecule has 176 valence electrons. The van der Waals surface area contributed by atoms with Crippen LogP contribution < -0.4 is 10.9 Å². The number of benzene rings is 2. The molecule has 1 heterocycles. The average molecular weight is 450 g/mol. The van der Waals surface area contributed by atoms with Crippen LogP contribution >= 0.6 is 0 Å². The highest BCUT2D eigenvalue weighted by Crippen LogP contribution is 2.09. The molecule has 0 aliphatic carbocycles. The van der Waals surface area contributed by atoms with Gasteiger partial charge in [0.05, 0.1) is 6.33 Å². The van der Waals surface area contributed by atoms with Crippen molar-refractivity contribution in [1.29, 1.82) is 0 Å².